The third kappa shape index (κ3) is 3.33. The summed E-state index contributed by atoms with van der Waals surface area (Å²) in [4.78, 5) is 12.5. The summed E-state index contributed by atoms with van der Waals surface area (Å²) >= 11 is 0. The van der Waals surface area contributed by atoms with Crippen LogP contribution in [-0.4, -0.2) is 37.4 Å². The molecular weight excluding hydrogens is 333 g/mol. The number of nitrogens with one attached hydrogen (secondary N) is 1. The molecular formula is C16H18FN3O3S. The maximum Gasteiger partial charge on any atom is 0.345 e. The van der Waals surface area contributed by atoms with Crippen molar-refractivity contribution in [3.05, 3.63) is 47.4 Å². The molecule has 0 aromatic heterocycles. The van der Waals surface area contributed by atoms with E-state index in [1.807, 2.05) is 0 Å². The Morgan fingerprint density at radius 3 is 2.50 bits per heavy atom. The molecule has 3 rings (SSSR count). The molecule has 6 nitrogen and oxygen atoms in total. The van der Waals surface area contributed by atoms with E-state index >= 15 is 0 Å². The number of carbonyl (C=O) groups excluding carboxylic acids is 1. The second kappa shape index (κ2) is 6.35. The molecule has 1 aliphatic heterocycles. The van der Waals surface area contributed by atoms with E-state index in [0.29, 0.717) is 5.56 Å². The molecule has 1 saturated carbocycles. The normalized spacial score (nSPS) is 20.5. The van der Waals surface area contributed by atoms with Crippen molar-refractivity contribution >= 4 is 21.8 Å². The first kappa shape index (κ1) is 16.6. The number of likely N-dealkylation sites (N-methyl/N-ethyl adjacent to an activating group) is 1. The van der Waals surface area contributed by atoms with Gasteiger partial charge in [-0.3, -0.25) is 4.79 Å². The lowest BCUT2D eigenvalue weighted by Crippen LogP contribution is -2.41. The Bertz CT molecular complexity index is 809. The monoisotopic (exact) mass is 351 g/mol. The zero-order chi connectivity index (χ0) is 17.3. The Hall–Kier alpha value is -2.22. The van der Waals surface area contributed by atoms with Crippen molar-refractivity contribution in [1.82, 2.24) is 9.62 Å². The molecule has 1 fully saturated rings. The zero-order valence-electron chi connectivity index (χ0n) is 13.2. The summed E-state index contributed by atoms with van der Waals surface area (Å²) in [5.41, 5.74) is 0.556. The fourth-order valence-corrected chi connectivity index (χ4v) is 3.76. The van der Waals surface area contributed by atoms with Crippen LogP contribution in [0.15, 0.2) is 40.4 Å². The minimum atomic E-state index is -4.00. The van der Waals surface area contributed by atoms with Crippen molar-refractivity contribution in [2.75, 3.05) is 7.05 Å². The van der Waals surface area contributed by atoms with Gasteiger partial charge in [0.15, 0.2) is 0 Å². The molecule has 0 atom stereocenters. The van der Waals surface area contributed by atoms with Crippen LogP contribution in [0, 0.1) is 5.82 Å². The molecule has 0 unspecified atom stereocenters. The molecule has 0 radical (unpaired) electrons. The highest BCUT2D eigenvalue weighted by Crippen LogP contribution is 2.22. The molecule has 24 heavy (non-hydrogen) atoms. The summed E-state index contributed by atoms with van der Waals surface area (Å²) in [6, 6.07) is 5.36. The van der Waals surface area contributed by atoms with Gasteiger partial charge < -0.3 is 5.32 Å². The average molecular weight is 351 g/mol. The number of hydrogen-bond acceptors (Lipinski definition) is 3. The predicted molar refractivity (Wildman–Crippen MR) is 88.1 cm³/mol. The van der Waals surface area contributed by atoms with Gasteiger partial charge in [0.05, 0.1) is 5.71 Å². The lowest BCUT2D eigenvalue weighted by Gasteiger charge is -2.24. The van der Waals surface area contributed by atoms with E-state index in [-0.39, 0.29) is 17.5 Å². The molecule has 1 heterocycles. The number of nitrogens with zero attached hydrogens (tertiary/aromatic N) is 2. The average Bonchev–Trinajstić information content (AvgIpc) is 3.03. The number of amides is 1. The third-order valence-corrected chi connectivity index (χ3v) is 5.55. The maximum absolute atomic E-state index is 13.1. The molecule has 1 N–H and O–H groups in total. The predicted octanol–water partition coefficient (Wildman–Crippen LogP) is 1.75. The lowest BCUT2D eigenvalue weighted by molar-refractivity contribution is -0.119. The van der Waals surface area contributed by atoms with E-state index in [2.05, 4.69) is 9.71 Å². The number of benzene rings is 1. The number of halogens is 1. The van der Waals surface area contributed by atoms with Gasteiger partial charge in [0.25, 0.3) is 5.91 Å². The highest BCUT2D eigenvalue weighted by atomic mass is 32.2. The molecule has 0 spiro atoms. The van der Waals surface area contributed by atoms with Crippen LogP contribution in [0.5, 0.6) is 0 Å². The number of hydrogen-bond donors (Lipinski definition) is 1. The number of carbonyl (C=O) groups is 1. The van der Waals surface area contributed by atoms with E-state index in [4.69, 9.17) is 0 Å². The first-order chi connectivity index (χ1) is 11.4. The van der Waals surface area contributed by atoms with Crippen molar-refractivity contribution in [1.29, 1.82) is 0 Å². The molecule has 1 amide bonds. The van der Waals surface area contributed by atoms with E-state index in [0.717, 1.165) is 30.0 Å². The van der Waals surface area contributed by atoms with Gasteiger partial charge in [-0.15, -0.1) is 4.40 Å². The first-order valence-electron chi connectivity index (χ1n) is 7.74. The van der Waals surface area contributed by atoms with Gasteiger partial charge in [-0.05, 0) is 43.2 Å². The van der Waals surface area contributed by atoms with Crippen LogP contribution in [-0.2, 0) is 15.0 Å². The molecule has 1 aromatic carbocycles. The van der Waals surface area contributed by atoms with Gasteiger partial charge >= 0.3 is 10.2 Å². The minimum Gasteiger partial charge on any atom is -0.348 e. The SMILES string of the molecule is CN1C(C(=O)NC2CCCC2)=CC(c2ccc(F)cc2)=NS1(=O)=O. The molecule has 1 aromatic rings. The highest BCUT2D eigenvalue weighted by molar-refractivity contribution is 7.88. The number of rotatable bonds is 3. The van der Waals surface area contributed by atoms with Gasteiger partial charge in [-0.2, -0.15) is 8.42 Å². The summed E-state index contributed by atoms with van der Waals surface area (Å²) in [6.07, 6.45) is 5.32. The maximum atomic E-state index is 13.1. The Balaban J connectivity index is 1.93. The van der Waals surface area contributed by atoms with Crippen molar-refractivity contribution in [3.63, 3.8) is 0 Å². The van der Waals surface area contributed by atoms with Gasteiger partial charge in [0, 0.05) is 18.7 Å². The molecule has 0 saturated heterocycles. The molecule has 8 heteroatoms. The topological polar surface area (TPSA) is 78.8 Å². The second-order valence-corrected chi connectivity index (χ2v) is 7.54. The Kier molecular flexibility index (Phi) is 4.40. The highest BCUT2D eigenvalue weighted by Gasteiger charge is 2.31. The summed E-state index contributed by atoms with van der Waals surface area (Å²) in [5.74, 6) is -0.874. The summed E-state index contributed by atoms with van der Waals surface area (Å²) in [6.45, 7) is 0. The lowest BCUT2D eigenvalue weighted by atomic mass is 10.1. The fraction of sp³-hybridized carbons (Fsp3) is 0.375. The molecule has 1 aliphatic carbocycles. The van der Waals surface area contributed by atoms with Gasteiger partial charge in [0.2, 0.25) is 0 Å². The molecule has 128 valence electrons. The molecule has 2 aliphatic rings. The largest absolute Gasteiger partial charge is 0.348 e. The van der Waals surface area contributed by atoms with Crippen LogP contribution in [0.4, 0.5) is 4.39 Å². The van der Waals surface area contributed by atoms with Crippen LogP contribution in [0.3, 0.4) is 0 Å². The Morgan fingerprint density at radius 2 is 1.88 bits per heavy atom. The van der Waals surface area contributed by atoms with E-state index in [1.54, 1.807) is 0 Å². The van der Waals surface area contributed by atoms with Crippen molar-refractivity contribution < 1.29 is 17.6 Å². The first-order valence-corrected chi connectivity index (χ1v) is 9.14. The van der Waals surface area contributed by atoms with E-state index < -0.39 is 21.9 Å². The van der Waals surface area contributed by atoms with Crippen molar-refractivity contribution in [3.8, 4) is 0 Å². The Labute approximate surface area is 140 Å². The van der Waals surface area contributed by atoms with Crippen LogP contribution in [0.2, 0.25) is 0 Å². The smallest absolute Gasteiger partial charge is 0.345 e. The minimum absolute atomic E-state index is 0.0104. The molecule has 0 bridgehead atoms. The Morgan fingerprint density at radius 1 is 1.25 bits per heavy atom. The summed E-state index contributed by atoms with van der Waals surface area (Å²) in [7, 11) is -2.71. The number of allylic oxidation sites excluding steroid dienone is 1. The van der Waals surface area contributed by atoms with Crippen LogP contribution >= 0.6 is 0 Å². The van der Waals surface area contributed by atoms with Crippen molar-refractivity contribution in [2.45, 2.75) is 31.7 Å². The van der Waals surface area contributed by atoms with Gasteiger partial charge in [-0.1, -0.05) is 12.8 Å². The van der Waals surface area contributed by atoms with E-state index in [9.17, 15) is 17.6 Å². The van der Waals surface area contributed by atoms with E-state index in [1.165, 1.54) is 37.4 Å². The zero-order valence-corrected chi connectivity index (χ0v) is 14.0. The quantitative estimate of drug-likeness (QED) is 0.901. The van der Waals surface area contributed by atoms with Gasteiger partial charge in [-0.25, -0.2) is 8.70 Å². The van der Waals surface area contributed by atoms with Crippen LogP contribution in [0.25, 0.3) is 0 Å². The third-order valence-electron chi connectivity index (χ3n) is 4.24. The summed E-state index contributed by atoms with van der Waals surface area (Å²) in [5, 5.41) is 2.87. The van der Waals surface area contributed by atoms with Crippen LogP contribution < -0.4 is 5.32 Å². The fourth-order valence-electron chi connectivity index (χ4n) is 2.85. The van der Waals surface area contributed by atoms with Crippen molar-refractivity contribution in [2.24, 2.45) is 4.40 Å². The standard InChI is InChI=1S/C16H18FN3O3S/c1-20-15(16(21)18-13-4-2-3-5-13)10-14(19-24(20,22)23)11-6-8-12(17)9-7-11/h6-10,13H,2-5H2,1H3,(H,18,21). The van der Waals surface area contributed by atoms with Crippen LogP contribution in [0.1, 0.15) is 31.2 Å². The summed E-state index contributed by atoms with van der Waals surface area (Å²) < 4.78 is 42.1. The second-order valence-electron chi connectivity index (χ2n) is 5.91. The van der Waals surface area contributed by atoms with Gasteiger partial charge in [0.1, 0.15) is 11.5 Å².